The van der Waals surface area contributed by atoms with E-state index in [1.54, 1.807) is 101 Å². The lowest BCUT2D eigenvalue weighted by Gasteiger charge is -2.15. The van der Waals surface area contributed by atoms with Crippen LogP contribution in [0.3, 0.4) is 0 Å². The number of hydrogen-bond acceptors (Lipinski definition) is 19. The first-order valence-electron chi connectivity index (χ1n) is 32.4. The van der Waals surface area contributed by atoms with Gasteiger partial charge in [0, 0.05) is 71.5 Å². The first-order valence-corrected chi connectivity index (χ1v) is 39.5. The van der Waals surface area contributed by atoms with E-state index in [0.717, 1.165) is 60.3 Å². The van der Waals surface area contributed by atoms with Gasteiger partial charge in [-0.2, -0.15) is 46.9 Å². The highest BCUT2D eigenvalue weighted by molar-refractivity contribution is 9.10. The first-order chi connectivity index (χ1) is 53.3. The number of aromatic nitrogens is 6. The van der Waals surface area contributed by atoms with Crippen molar-refractivity contribution in [3.63, 3.8) is 0 Å². The lowest BCUT2D eigenvalue weighted by atomic mass is 10.0. The van der Waals surface area contributed by atoms with Gasteiger partial charge in [-0.25, -0.2) is 30.0 Å². The zero-order chi connectivity index (χ0) is 80.5. The van der Waals surface area contributed by atoms with Crippen molar-refractivity contribution in [3.05, 3.63) is 338 Å². The summed E-state index contributed by atoms with van der Waals surface area (Å²) in [5.74, 6) is -13.5. The number of fused-ring (bicyclic) bond motifs is 3. The van der Waals surface area contributed by atoms with Crippen LogP contribution in [-0.2, 0) is 41.3 Å². The Hall–Kier alpha value is -10.0. The molecule has 0 spiro atoms. The van der Waals surface area contributed by atoms with Crippen LogP contribution in [0.2, 0.25) is 10.0 Å². The molecule has 0 aliphatic carbocycles. The van der Waals surface area contributed by atoms with Gasteiger partial charge in [0.15, 0.2) is 25.5 Å². The Bertz CT molecular complexity index is 6570. The molecule has 595 valence electrons. The summed E-state index contributed by atoms with van der Waals surface area (Å²) in [6, 6.07) is 57.0. The first kappa shape index (κ1) is 90.5. The number of sulfone groups is 2. The molecule has 0 saturated heterocycles. The monoisotopic (exact) mass is 1850 g/mol. The number of aryl methyl sites for hydroxylation is 3. The van der Waals surface area contributed by atoms with E-state index in [0.29, 0.717) is 73.7 Å². The summed E-state index contributed by atoms with van der Waals surface area (Å²) in [7, 11) is -11.6. The van der Waals surface area contributed by atoms with Crippen LogP contribution in [0.25, 0.3) is 60.9 Å². The second-order valence-electron chi connectivity index (χ2n) is 24.1. The number of nitrogen functional groups attached to an aromatic ring is 1. The summed E-state index contributed by atoms with van der Waals surface area (Å²) in [6.45, 7) is 5.63. The van der Waals surface area contributed by atoms with Crippen LogP contribution in [0.1, 0.15) is 28.1 Å². The summed E-state index contributed by atoms with van der Waals surface area (Å²) < 4.78 is 173. The van der Waals surface area contributed by atoms with E-state index in [2.05, 4.69) is 60.7 Å². The maximum Gasteiger partial charge on any atom is 0.569 e. The predicted molar refractivity (Wildman–Crippen MR) is 452 cm³/mol. The summed E-state index contributed by atoms with van der Waals surface area (Å²) in [4.78, 5) is 37.7. The van der Waals surface area contributed by atoms with E-state index in [9.17, 15) is 61.6 Å². The highest BCUT2D eigenvalue weighted by Crippen LogP contribution is 2.35. The van der Waals surface area contributed by atoms with Gasteiger partial charge in [0.2, 0.25) is 34.8 Å². The zero-order valence-corrected chi connectivity index (χ0v) is 71.5. The van der Waals surface area contributed by atoms with Gasteiger partial charge in [-0.1, -0.05) is 88.7 Å². The molecule has 22 nitrogen and oxygen atoms in total. The summed E-state index contributed by atoms with van der Waals surface area (Å²) in [5.41, 5.74) is 13.1. The molecule has 3 atom stereocenters. The number of hydrogen-bond donors (Lipinski definition) is 2. The van der Waals surface area contributed by atoms with Gasteiger partial charge >= 0.3 is 17.8 Å². The summed E-state index contributed by atoms with van der Waals surface area (Å²) in [6.07, 6.45) is 4.10. The Balaban J connectivity index is 0.000000194. The van der Waals surface area contributed by atoms with Crippen LogP contribution in [0.15, 0.2) is 283 Å². The average Bonchev–Trinajstić information content (AvgIpc) is 1.22. The number of nitrogens with zero attached hydrogens (tertiary/aromatic N) is 6. The molecule has 3 unspecified atom stereocenters. The number of benzene rings is 9. The fraction of sp³-hybridized carbons (Fsp3) is 0.0649. The van der Waals surface area contributed by atoms with Gasteiger partial charge in [0.05, 0.1) is 54.8 Å². The minimum atomic E-state index is -5.03. The summed E-state index contributed by atoms with van der Waals surface area (Å²) >= 11 is 18.3. The number of pyridine rings is 3. The number of rotatable bonds is 15. The minimum Gasteiger partial charge on any atom is -0.537 e. The molecule has 0 saturated carbocycles. The van der Waals surface area contributed by atoms with Gasteiger partial charge in [-0.15, -0.1) is 0 Å². The molecule has 0 bridgehead atoms. The van der Waals surface area contributed by atoms with Gasteiger partial charge < -0.3 is 33.2 Å². The van der Waals surface area contributed by atoms with Crippen molar-refractivity contribution in [3.8, 4) is 39.7 Å². The lowest BCUT2D eigenvalue weighted by Crippen LogP contribution is -2.19. The highest BCUT2D eigenvalue weighted by atomic mass is 79.9. The molecule has 6 heterocycles. The van der Waals surface area contributed by atoms with Gasteiger partial charge in [-0.05, 0) is 206 Å². The fourth-order valence-electron chi connectivity index (χ4n) is 11.2. The largest absolute Gasteiger partial charge is 0.569 e. The Labute approximate surface area is 690 Å². The van der Waals surface area contributed by atoms with E-state index >= 15 is 0 Å². The van der Waals surface area contributed by atoms with Crippen molar-refractivity contribution in [2.45, 2.75) is 47.0 Å². The molecule has 9 aromatic carbocycles. The van der Waals surface area contributed by atoms with E-state index in [1.165, 1.54) is 78.0 Å². The maximum absolute atomic E-state index is 13.9. The normalized spacial score (nSPS) is 11.0. The molecular weight excluding hydrogens is 1790 g/mol. The van der Waals surface area contributed by atoms with Crippen LogP contribution in [0.5, 0.6) is 11.5 Å². The van der Waals surface area contributed by atoms with Crippen LogP contribution in [0, 0.1) is 49.9 Å². The molecule has 1 radical (unpaired) electrons. The fourth-order valence-corrected chi connectivity index (χ4v) is 16.0. The van der Waals surface area contributed by atoms with E-state index < -0.39 is 75.1 Å². The molecule has 0 amide bonds. The second kappa shape index (κ2) is 39.1. The van der Waals surface area contributed by atoms with Crippen LogP contribution in [-0.4, -0.2) is 67.1 Å². The standard InChI is InChI=1S/C26H19ClN2O4S.C22H11BrF5NO4S.C20H15BrN2O4S.C6H5BClO2.C3H4N2O.3H3P/c1-17-14-19(18-2-6-21(27)7-3-18)4-9-24(17)29-25-10-8-23(15-20(25)5-11-26(29)30)34(31,32)16-22-12-13-33-28-22;1-10-8-12(23)3-5-14(10)29-15-6-4-13(9-11(15)2-7-16(29)30)34(31,32)33-22-20(27)18(25)17(24)19(26)21(22)28;1-13-10-15(21)3-5-18(13)23-19-6-4-17(11-14(19)2-7-20(23)24)28(25,26)12-16-8-9-27-22-16;8-5-1-3-6(4-2-5)10-7-9;4-3-1-2-6-5-3;;;/h2-15H,16H2,1H3;2-9H,1H3;2-11H,12H2,1H3;1-4,9H;1-2H,(H2,4,5);3*1H3. The smallest absolute Gasteiger partial charge is 0.537 e. The number of halogens is 9. The Kier molecular flexibility index (Phi) is 30.8. The molecule has 38 heteroatoms. The number of anilines is 1. The van der Waals surface area contributed by atoms with Crippen molar-refractivity contribution < 1.29 is 74.6 Å². The van der Waals surface area contributed by atoms with E-state index in [4.69, 9.17) is 43.0 Å². The molecule has 15 aromatic rings. The van der Waals surface area contributed by atoms with E-state index in [1.807, 2.05) is 74.5 Å². The quantitative estimate of drug-likeness (QED) is 0.0240. The second-order valence-corrected chi connectivity index (χ2v) is 32.3. The third-order valence-electron chi connectivity index (χ3n) is 16.5. The van der Waals surface area contributed by atoms with Crippen molar-refractivity contribution in [2.75, 3.05) is 5.73 Å². The Morgan fingerprint density at radius 1 is 0.443 bits per heavy atom. The average molecular weight is 1850 g/mol. The van der Waals surface area contributed by atoms with E-state index in [-0.39, 0.29) is 67.5 Å². The van der Waals surface area contributed by atoms with Crippen molar-refractivity contribution in [1.82, 2.24) is 29.2 Å². The molecule has 6 aromatic heterocycles. The molecule has 115 heavy (non-hydrogen) atoms. The molecule has 0 aliphatic heterocycles. The van der Waals surface area contributed by atoms with Gasteiger partial charge in [-0.3, -0.25) is 28.1 Å². The molecule has 0 fully saturated rings. The molecular formula is C77H63BBr2Cl2F5N7O15P3S3. The third-order valence-corrected chi connectivity index (χ3v) is 22.5. The molecule has 3 N–H and O–H groups in total. The maximum atomic E-state index is 13.9. The Morgan fingerprint density at radius 2 is 0.809 bits per heavy atom. The topological polar surface area (TPSA) is 311 Å². The minimum absolute atomic E-state index is 0. The van der Waals surface area contributed by atoms with Gasteiger partial charge in [0.25, 0.3) is 16.7 Å². The van der Waals surface area contributed by atoms with Crippen LogP contribution in [0.4, 0.5) is 27.8 Å². The molecule has 15 rings (SSSR count). The molecule has 0 aliphatic rings. The highest BCUT2D eigenvalue weighted by Gasteiger charge is 2.32. The van der Waals surface area contributed by atoms with Gasteiger partial charge in [0.1, 0.15) is 40.9 Å². The third kappa shape index (κ3) is 21.6. The van der Waals surface area contributed by atoms with Crippen LogP contribution < -0.4 is 31.2 Å². The van der Waals surface area contributed by atoms with Crippen molar-refractivity contribution in [2.24, 2.45) is 0 Å². The van der Waals surface area contributed by atoms with Crippen LogP contribution >= 0.6 is 84.8 Å². The zero-order valence-electron chi connectivity index (χ0n) is 60.1. The summed E-state index contributed by atoms with van der Waals surface area (Å²) in [5, 5.41) is 21.7. The number of nitrogens with two attached hydrogens (primary N) is 1. The predicted octanol–water partition coefficient (Wildman–Crippen LogP) is 16.8. The lowest BCUT2D eigenvalue weighted by molar-refractivity contribution is 0.346. The van der Waals surface area contributed by atoms with Crippen molar-refractivity contribution >= 4 is 161 Å². The van der Waals surface area contributed by atoms with Crippen molar-refractivity contribution in [1.29, 1.82) is 0 Å². The Morgan fingerprint density at radius 3 is 1.17 bits per heavy atom. The SMILES string of the molecule is Cc1cc(-c2ccc(Cl)cc2)ccc1-n1c(=O)ccc2cc(S(=O)(=O)Cc3ccon3)ccc21.Cc1cc(Br)ccc1-n1c(=O)ccc2cc(S(=O)(=O)Cc3ccon3)ccc21.Cc1cc(Br)ccc1-n1c(=O)ccc2cc(S(=O)(=O)Oc3c(F)c(F)c(F)c(F)c3F)ccc21.Nc1ccon1.O[B]Oc1ccc(Cl)cc1.P.P.P.